The Morgan fingerprint density at radius 2 is 2.22 bits per heavy atom. The van der Waals surface area contributed by atoms with Gasteiger partial charge in [-0.1, -0.05) is 0 Å². The Morgan fingerprint density at radius 3 is 2.78 bits per heavy atom. The van der Waals surface area contributed by atoms with Crippen LogP contribution in [-0.4, -0.2) is 61.8 Å². The van der Waals surface area contributed by atoms with E-state index in [2.05, 4.69) is 15.1 Å². The van der Waals surface area contributed by atoms with Gasteiger partial charge in [-0.3, -0.25) is 9.48 Å². The van der Waals surface area contributed by atoms with E-state index in [0.29, 0.717) is 19.6 Å². The lowest BCUT2D eigenvalue weighted by molar-refractivity contribution is -0.125. The molecule has 0 aromatic carbocycles. The predicted molar refractivity (Wildman–Crippen MR) is 83.8 cm³/mol. The summed E-state index contributed by atoms with van der Waals surface area (Å²) in [5.41, 5.74) is 1.52. The van der Waals surface area contributed by atoms with Gasteiger partial charge in [0.2, 0.25) is 5.91 Å². The number of methoxy groups -OCH3 is 1. The highest BCUT2D eigenvalue weighted by Gasteiger charge is 2.41. The van der Waals surface area contributed by atoms with Crippen molar-refractivity contribution in [3.05, 3.63) is 17.5 Å². The summed E-state index contributed by atoms with van der Waals surface area (Å²) in [5.74, 6) is -0.332. The van der Waals surface area contributed by atoms with Gasteiger partial charge in [0.15, 0.2) is 0 Å². The largest absolute Gasteiger partial charge is 0.383 e. The first-order chi connectivity index (χ1) is 10.8. The van der Waals surface area contributed by atoms with E-state index in [9.17, 15) is 13.2 Å². The van der Waals surface area contributed by atoms with Crippen LogP contribution in [0.15, 0.2) is 6.20 Å². The first-order valence-corrected chi connectivity index (χ1v) is 8.72. The number of carbonyl (C=O) groups is 1. The maximum absolute atomic E-state index is 12.3. The SMILES string of the molecule is COCCNC(=O)[C@H]1C[C@H](c2cn(C)nc2C)NS(=O)(=O)N1C. The first kappa shape index (κ1) is 17.9. The van der Waals surface area contributed by atoms with E-state index >= 15 is 0 Å². The molecule has 2 atom stereocenters. The summed E-state index contributed by atoms with van der Waals surface area (Å²) >= 11 is 0. The number of carbonyl (C=O) groups excluding carboxylic acids is 1. The lowest BCUT2D eigenvalue weighted by Crippen LogP contribution is -2.57. The van der Waals surface area contributed by atoms with Crippen molar-refractivity contribution in [1.82, 2.24) is 24.1 Å². The van der Waals surface area contributed by atoms with Gasteiger partial charge >= 0.3 is 0 Å². The summed E-state index contributed by atoms with van der Waals surface area (Å²) in [6, 6.07) is -1.26. The average Bonchev–Trinajstić information content (AvgIpc) is 2.80. The highest BCUT2D eigenvalue weighted by atomic mass is 32.2. The van der Waals surface area contributed by atoms with Crippen molar-refractivity contribution in [2.45, 2.75) is 25.4 Å². The molecule has 1 aliphatic heterocycles. The summed E-state index contributed by atoms with van der Waals surface area (Å²) in [7, 11) is 0.970. The van der Waals surface area contributed by atoms with E-state index in [4.69, 9.17) is 4.74 Å². The molecular formula is C13H23N5O4S. The fraction of sp³-hybridized carbons (Fsp3) is 0.692. The Bertz CT molecular complexity index is 672. The topological polar surface area (TPSA) is 106 Å². The fourth-order valence-corrected chi connectivity index (χ4v) is 3.93. The van der Waals surface area contributed by atoms with Crippen molar-refractivity contribution < 1.29 is 17.9 Å². The quantitative estimate of drug-likeness (QED) is 0.671. The Kier molecular flexibility index (Phi) is 5.40. The van der Waals surface area contributed by atoms with Gasteiger partial charge in [-0.25, -0.2) is 0 Å². The van der Waals surface area contributed by atoms with Gasteiger partial charge in [0.05, 0.1) is 18.3 Å². The van der Waals surface area contributed by atoms with E-state index < -0.39 is 22.3 Å². The number of rotatable bonds is 5. The third kappa shape index (κ3) is 3.89. The molecule has 0 aliphatic carbocycles. The zero-order chi connectivity index (χ0) is 17.2. The second kappa shape index (κ2) is 6.95. The second-order valence-corrected chi connectivity index (χ2v) is 7.33. The standard InChI is InChI=1S/C13H23N5O4S/c1-9-10(8-17(2)15-9)11-7-12(13(19)14-5-6-22-4)18(3)23(20,21)16-11/h8,11-12,16H,5-7H2,1-4H3,(H,14,19)/t11-,12-/m1/s1. The molecule has 1 saturated heterocycles. The molecule has 1 fully saturated rings. The predicted octanol–water partition coefficient (Wildman–Crippen LogP) is -0.929. The lowest BCUT2D eigenvalue weighted by atomic mass is 10.00. The fourth-order valence-electron chi connectivity index (χ4n) is 2.67. The molecule has 2 heterocycles. The number of nitrogens with zero attached hydrogens (tertiary/aromatic N) is 3. The van der Waals surface area contributed by atoms with E-state index in [1.807, 2.05) is 6.92 Å². The number of aromatic nitrogens is 2. The van der Waals surface area contributed by atoms with Crippen LogP contribution in [-0.2, 0) is 26.8 Å². The van der Waals surface area contributed by atoms with Crippen molar-refractivity contribution in [1.29, 1.82) is 0 Å². The van der Waals surface area contributed by atoms with Crippen molar-refractivity contribution in [3.8, 4) is 0 Å². The molecule has 1 aliphatic rings. The summed E-state index contributed by atoms with van der Waals surface area (Å²) < 4.78 is 34.8. The van der Waals surface area contributed by atoms with Gasteiger partial charge in [0.25, 0.3) is 10.2 Å². The minimum absolute atomic E-state index is 0.332. The molecule has 0 unspecified atom stereocenters. The van der Waals surface area contributed by atoms with Crippen molar-refractivity contribution in [2.24, 2.45) is 7.05 Å². The molecule has 23 heavy (non-hydrogen) atoms. The number of nitrogens with one attached hydrogen (secondary N) is 2. The molecule has 130 valence electrons. The van der Waals surface area contributed by atoms with Crippen LogP contribution in [0.25, 0.3) is 0 Å². The zero-order valence-corrected chi connectivity index (χ0v) is 14.6. The molecule has 1 amide bonds. The molecule has 0 spiro atoms. The molecule has 9 nitrogen and oxygen atoms in total. The van der Waals surface area contributed by atoms with Crippen LogP contribution in [0.1, 0.15) is 23.7 Å². The third-order valence-corrected chi connectivity index (χ3v) is 5.50. The highest BCUT2D eigenvalue weighted by molar-refractivity contribution is 7.87. The molecule has 2 rings (SSSR count). The van der Waals surface area contributed by atoms with E-state index in [0.717, 1.165) is 15.6 Å². The van der Waals surface area contributed by atoms with E-state index in [1.54, 1.807) is 17.9 Å². The Balaban J connectivity index is 2.21. The van der Waals surface area contributed by atoms with Crippen molar-refractivity contribution >= 4 is 16.1 Å². The summed E-state index contributed by atoms with van der Waals surface area (Å²) in [6.07, 6.45) is 2.11. The summed E-state index contributed by atoms with van der Waals surface area (Å²) in [5, 5.41) is 6.93. The summed E-state index contributed by atoms with van der Waals surface area (Å²) in [6.45, 7) is 2.53. The van der Waals surface area contributed by atoms with Crippen LogP contribution >= 0.6 is 0 Å². The molecule has 1 aromatic rings. The molecule has 2 N–H and O–H groups in total. The van der Waals surface area contributed by atoms with Gasteiger partial charge in [-0.15, -0.1) is 0 Å². The number of hydrogen-bond acceptors (Lipinski definition) is 5. The maximum Gasteiger partial charge on any atom is 0.280 e. The van der Waals surface area contributed by atoms with Gasteiger partial charge in [0, 0.05) is 39.5 Å². The highest BCUT2D eigenvalue weighted by Crippen LogP contribution is 2.29. The number of amides is 1. The normalized spacial score (nSPS) is 24.5. The van der Waals surface area contributed by atoms with Crippen LogP contribution in [0.5, 0.6) is 0 Å². The molecular weight excluding hydrogens is 322 g/mol. The molecule has 0 bridgehead atoms. The van der Waals surface area contributed by atoms with E-state index in [-0.39, 0.29) is 5.91 Å². The Morgan fingerprint density at radius 1 is 1.52 bits per heavy atom. The smallest absolute Gasteiger partial charge is 0.280 e. The van der Waals surface area contributed by atoms with Gasteiger partial charge in [0.1, 0.15) is 6.04 Å². The second-order valence-electron chi connectivity index (χ2n) is 5.57. The van der Waals surface area contributed by atoms with Gasteiger partial charge in [-0.2, -0.15) is 22.5 Å². The van der Waals surface area contributed by atoms with Crippen LogP contribution in [0.3, 0.4) is 0 Å². The minimum Gasteiger partial charge on any atom is -0.383 e. The monoisotopic (exact) mass is 345 g/mol. The Hall–Kier alpha value is -1.49. The minimum atomic E-state index is -3.74. The van der Waals surface area contributed by atoms with Crippen molar-refractivity contribution in [3.63, 3.8) is 0 Å². The lowest BCUT2D eigenvalue weighted by Gasteiger charge is -2.36. The maximum atomic E-state index is 12.3. The molecule has 1 aromatic heterocycles. The number of ether oxygens (including phenoxy) is 1. The van der Waals surface area contributed by atoms with Crippen molar-refractivity contribution in [2.75, 3.05) is 27.3 Å². The van der Waals surface area contributed by atoms with Crippen LogP contribution in [0.4, 0.5) is 0 Å². The van der Waals surface area contributed by atoms with Gasteiger partial charge < -0.3 is 10.1 Å². The van der Waals surface area contributed by atoms with Gasteiger partial charge in [-0.05, 0) is 13.3 Å². The molecule has 0 radical (unpaired) electrons. The number of aryl methyl sites for hydroxylation is 2. The van der Waals surface area contributed by atoms with Crippen LogP contribution in [0.2, 0.25) is 0 Å². The van der Waals surface area contributed by atoms with Crippen LogP contribution in [0, 0.1) is 6.92 Å². The number of likely N-dealkylation sites (N-methyl/N-ethyl adjacent to an activating group) is 1. The summed E-state index contributed by atoms with van der Waals surface area (Å²) in [4.78, 5) is 12.3. The molecule has 0 saturated carbocycles. The number of hydrogen-bond donors (Lipinski definition) is 2. The average molecular weight is 345 g/mol. The third-order valence-electron chi connectivity index (χ3n) is 3.90. The molecule has 10 heteroatoms. The van der Waals surface area contributed by atoms with Crippen LogP contribution < -0.4 is 10.0 Å². The first-order valence-electron chi connectivity index (χ1n) is 7.28. The zero-order valence-electron chi connectivity index (χ0n) is 13.7. The van der Waals surface area contributed by atoms with E-state index in [1.165, 1.54) is 14.2 Å². The Labute approximate surface area is 136 Å².